The first-order valence-corrected chi connectivity index (χ1v) is 14.7. The standard InChI is InChI=1S/C30H38N4O6S/c1-21(35)40-34(28(36)39-30(5,6)7)26-12-10-11-24(32-26)25(33-41(37,38)27-13-8-9-18-31-27)19-22-14-16-23(17-15-22)20-29(2,3)4/h8-18,25,33H,19-20H2,1-7H3. The Hall–Kier alpha value is -3.83. The molecule has 0 saturated heterocycles. The Morgan fingerprint density at radius 1 is 0.927 bits per heavy atom. The van der Waals surface area contributed by atoms with Crippen LogP contribution in [0.15, 0.2) is 71.9 Å². The highest BCUT2D eigenvalue weighted by atomic mass is 32.2. The number of pyridine rings is 2. The number of anilines is 1. The lowest BCUT2D eigenvalue weighted by Gasteiger charge is -2.26. The zero-order chi connectivity index (χ0) is 30.4. The Labute approximate surface area is 242 Å². The number of nitrogens with zero attached hydrogens (tertiary/aromatic N) is 3. The van der Waals surface area contributed by atoms with Crippen LogP contribution >= 0.6 is 0 Å². The fourth-order valence-corrected chi connectivity index (χ4v) is 5.11. The Morgan fingerprint density at radius 3 is 2.15 bits per heavy atom. The molecule has 220 valence electrons. The molecule has 1 aromatic carbocycles. The van der Waals surface area contributed by atoms with E-state index < -0.39 is 33.7 Å². The maximum atomic E-state index is 13.3. The molecule has 11 heteroatoms. The van der Waals surface area contributed by atoms with Crippen molar-refractivity contribution in [1.82, 2.24) is 14.7 Å². The van der Waals surface area contributed by atoms with Crippen molar-refractivity contribution in [3.63, 3.8) is 0 Å². The monoisotopic (exact) mass is 582 g/mol. The molecule has 0 bridgehead atoms. The van der Waals surface area contributed by atoms with Crippen LogP contribution in [0.1, 0.15) is 71.3 Å². The Kier molecular flexibility index (Phi) is 9.88. The van der Waals surface area contributed by atoms with Gasteiger partial charge in [-0.3, -0.25) is 0 Å². The van der Waals surface area contributed by atoms with Crippen molar-refractivity contribution in [1.29, 1.82) is 0 Å². The van der Waals surface area contributed by atoms with E-state index in [-0.39, 0.29) is 22.7 Å². The molecule has 0 fully saturated rings. The number of sulfonamides is 1. The molecule has 1 amide bonds. The number of amides is 1. The van der Waals surface area contributed by atoms with Gasteiger partial charge in [-0.1, -0.05) is 62.2 Å². The number of hydrogen-bond acceptors (Lipinski definition) is 8. The van der Waals surface area contributed by atoms with E-state index >= 15 is 0 Å². The van der Waals surface area contributed by atoms with Crippen LogP contribution in [0, 0.1) is 5.41 Å². The maximum absolute atomic E-state index is 13.3. The van der Waals surface area contributed by atoms with Gasteiger partial charge in [0.2, 0.25) is 0 Å². The minimum absolute atomic E-state index is 0.0468. The van der Waals surface area contributed by atoms with Crippen LogP contribution in [-0.2, 0) is 37.2 Å². The molecule has 3 aromatic rings. The molecule has 1 unspecified atom stereocenters. The van der Waals surface area contributed by atoms with Crippen molar-refractivity contribution in [2.24, 2.45) is 5.41 Å². The summed E-state index contributed by atoms with van der Waals surface area (Å²) in [5.74, 6) is -0.805. The summed E-state index contributed by atoms with van der Waals surface area (Å²) >= 11 is 0. The normalized spacial score (nSPS) is 12.9. The van der Waals surface area contributed by atoms with Crippen molar-refractivity contribution >= 4 is 27.9 Å². The van der Waals surface area contributed by atoms with Crippen molar-refractivity contribution in [2.45, 2.75) is 78.0 Å². The first-order valence-electron chi connectivity index (χ1n) is 13.2. The number of rotatable bonds is 8. The second kappa shape index (κ2) is 12.8. The number of carbonyl (C=O) groups excluding carboxylic acids is 2. The largest absolute Gasteiger partial charge is 0.450 e. The molecule has 0 aliphatic rings. The molecule has 10 nitrogen and oxygen atoms in total. The average Bonchev–Trinajstić information content (AvgIpc) is 2.86. The molecule has 41 heavy (non-hydrogen) atoms. The van der Waals surface area contributed by atoms with Crippen LogP contribution in [0.5, 0.6) is 0 Å². The smallest absolute Gasteiger partial charge is 0.441 e. The second-order valence-electron chi connectivity index (χ2n) is 11.9. The van der Waals surface area contributed by atoms with Gasteiger partial charge in [-0.15, -0.1) is 0 Å². The predicted molar refractivity (Wildman–Crippen MR) is 155 cm³/mol. The van der Waals surface area contributed by atoms with E-state index in [1.54, 1.807) is 45.0 Å². The number of nitrogens with one attached hydrogen (secondary N) is 1. The van der Waals surface area contributed by atoms with E-state index in [1.165, 1.54) is 23.9 Å². The number of hydrogen-bond donors (Lipinski definition) is 1. The molecule has 0 aliphatic heterocycles. The molecule has 1 N–H and O–H groups in total. The second-order valence-corrected chi connectivity index (χ2v) is 13.5. The Balaban J connectivity index is 2.01. The summed E-state index contributed by atoms with van der Waals surface area (Å²) in [6, 6.07) is 16.4. The molecule has 0 saturated carbocycles. The summed E-state index contributed by atoms with van der Waals surface area (Å²) in [5.41, 5.74) is 1.58. The summed E-state index contributed by atoms with van der Waals surface area (Å²) in [5, 5.41) is 0.514. The van der Waals surface area contributed by atoms with Gasteiger partial charge in [0.15, 0.2) is 10.8 Å². The SMILES string of the molecule is CC(=O)ON(C(=O)OC(C)(C)C)c1cccc(C(Cc2ccc(CC(C)(C)C)cc2)NS(=O)(=O)c2ccccn2)n1. The minimum Gasteiger partial charge on any atom is -0.441 e. The summed E-state index contributed by atoms with van der Waals surface area (Å²) < 4.78 is 34.7. The zero-order valence-corrected chi connectivity index (χ0v) is 25.4. The van der Waals surface area contributed by atoms with Gasteiger partial charge in [-0.25, -0.2) is 32.7 Å². The lowest BCUT2D eigenvalue weighted by molar-refractivity contribution is -0.142. The molecular weight excluding hydrogens is 544 g/mol. The van der Waals surface area contributed by atoms with E-state index in [2.05, 4.69) is 35.5 Å². The molecular formula is C30H38N4O6S. The van der Waals surface area contributed by atoms with Gasteiger partial charge in [0.05, 0.1) is 11.7 Å². The average molecular weight is 583 g/mol. The van der Waals surface area contributed by atoms with Crippen molar-refractivity contribution < 1.29 is 27.6 Å². The third-order valence-corrected chi connectivity index (χ3v) is 6.89. The lowest BCUT2D eigenvalue weighted by atomic mass is 9.87. The van der Waals surface area contributed by atoms with Crippen molar-refractivity contribution in [2.75, 3.05) is 5.06 Å². The topological polar surface area (TPSA) is 128 Å². The van der Waals surface area contributed by atoms with Crippen LogP contribution in [0.2, 0.25) is 0 Å². The van der Waals surface area contributed by atoms with Crippen LogP contribution in [0.4, 0.5) is 10.6 Å². The highest BCUT2D eigenvalue weighted by Crippen LogP contribution is 2.25. The molecule has 2 aromatic heterocycles. The number of carbonyl (C=O) groups is 2. The first kappa shape index (κ1) is 31.7. The van der Waals surface area contributed by atoms with Crippen LogP contribution < -0.4 is 9.79 Å². The van der Waals surface area contributed by atoms with Crippen LogP contribution in [-0.4, -0.2) is 36.0 Å². The van der Waals surface area contributed by atoms with Gasteiger partial charge < -0.3 is 9.57 Å². The molecule has 3 rings (SSSR count). The number of ether oxygens (including phenoxy) is 1. The number of aromatic nitrogens is 2. The molecule has 0 radical (unpaired) electrons. The third-order valence-electron chi connectivity index (χ3n) is 5.51. The maximum Gasteiger partial charge on any atom is 0.450 e. The highest BCUT2D eigenvalue weighted by molar-refractivity contribution is 7.89. The summed E-state index contributed by atoms with van der Waals surface area (Å²) in [4.78, 5) is 38.3. The van der Waals surface area contributed by atoms with E-state index in [9.17, 15) is 18.0 Å². The summed E-state index contributed by atoms with van der Waals surface area (Å²) in [7, 11) is -4.04. The van der Waals surface area contributed by atoms with Gasteiger partial charge in [0, 0.05) is 13.1 Å². The van der Waals surface area contributed by atoms with E-state index in [1.807, 2.05) is 24.3 Å². The van der Waals surface area contributed by atoms with Crippen LogP contribution in [0.25, 0.3) is 0 Å². The van der Waals surface area contributed by atoms with Gasteiger partial charge in [0.1, 0.15) is 5.60 Å². The Morgan fingerprint density at radius 2 is 1.59 bits per heavy atom. The van der Waals surface area contributed by atoms with Gasteiger partial charge in [0.25, 0.3) is 10.0 Å². The summed E-state index contributed by atoms with van der Waals surface area (Å²) in [6.45, 7) is 12.7. The lowest BCUT2D eigenvalue weighted by Crippen LogP contribution is -2.39. The molecule has 1 atom stereocenters. The van der Waals surface area contributed by atoms with Gasteiger partial charge in [-0.2, -0.15) is 0 Å². The zero-order valence-electron chi connectivity index (χ0n) is 24.5. The van der Waals surface area contributed by atoms with E-state index in [0.717, 1.165) is 18.9 Å². The highest BCUT2D eigenvalue weighted by Gasteiger charge is 2.29. The molecule has 2 heterocycles. The molecule has 0 aliphatic carbocycles. The van der Waals surface area contributed by atoms with Crippen molar-refractivity contribution in [3.05, 3.63) is 83.7 Å². The number of hydroxylamine groups is 1. The van der Waals surface area contributed by atoms with E-state index in [0.29, 0.717) is 10.8 Å². The van der Waals surface area contributed by atoms with Crippen molar-refractivity contribution in [3.8, 4) is 0 Å². The minimum atomic E-state index is -4.04. The summed E-state index contributed by atoms with van der Waals surface area (Å²) in [6.07, 6.45) is 1.59. The van der Waals surface area contributed by atoms with E-state index in [4.69, 9.17) is 9.57 Å². The predicted octanol–water partition coefficient (Wildman–Crippen LogP) is 5.55. The quantitative estimate of drug-likeness (QED) is 0.343. The first-order chi connectivity index (χ1) is 19.0. The fourth-order valence-electron chi connectivity index (χ4n) is 3.96. The molecule has 0 spiro atoms. The fraction of sp³-hybridized carbons (Fsp3) is 0.400. The van der Waals surface area contributed by atoms with Crippen LogP contribution in [0.3, 0.4) is 0 Å². The van der Waals surface area contributed by atoms with Gasteiger partial charge >= 0.3 is 12.1 Å². The third kappa shape index (κ3) is 9.94. The Bertz CT molecular complexity index is 1450. The van der Waals surface area contributed by atoms with Gasteiger partial charge in [-0.05, 0) is 74.4 Å². The number of benzene rings is 1.